The van der Waals surface area contributed by atoms with Gasteiger partial charge in [-0.3, -0.25) is 9.89 Å². The van der Waals surface area contributed by atoms with E-state index in [0.29, 0.717) is 5.41 Å². The molecule has 0 radical (unpaired) electrons. The van der Waals surface area contributed by atoms with E-state index in [1.165, 1.54) is 32.2 Å². The second-order valence-electron chi connectivity index (χ2n) is 8.29. The molecule has 6 nitrogen and oxygen atoms in total. The molecule has 0 atom stereocenters. The number of aliphatic imine (C=N–C) groups is 1. The molecule has 0 aromatic carbocycles. The maximum absolute atomic E-state index is 5.46. The maximum Gasteiger partial charge on any atom is 0.193 e. The third kappa shape index (κ3) is 5.05. The Balaban J connectivity index is 1.27. The lowest BCUT2D eigenvalue weighted by Crippen LogP contribution is -2.43. The number of nitrogens with one attached hydrogen (secondary N) is 1. The van der Waals surface area contributed by atoms with Crippen molar-refractivity contribution in [3.8, 4) is 0 Å². The average molecular weight is 375 g/mol. The van der Waals surface area contributed by atoms with Crippen LogP contribution in [0, 0.1) is 5.41 Å². The second-order valence-corrected chi connectivity index (χ2v) is 8.29. The van der Waals surface area contributed by atoms with Crippen molar-refractivity contribution < 1.29 is 9.15 Å². The quantitative estimate of drug-likeness (QED) is 0.451. The zero-order chi connectivity index (χ0) is 18.4. The predicted octanol–water partition coefficient (Wildman–Crippen LogP) is 2.37. The van der Waals surface area contributed by atoms with Gasteiger partial charge in [-0.25, -0.2) is 0 Å². The Bertz CT molecular complexity index is 591. The van der Waals surface area contributed by atoms with Gasteiger partial charge in [-0.2, -0.15) is 0 Å². The van der Waals surface area contributed by atoms with E-state index in [1.54, 1.807) is 6.26 Å². The third-order valence-corrected chi connectivity index (χ3v) is 6.38. The number of hydrogen-bond donors (Lipinski definition) is 1. The number of morpholine rings is 1. The number of nitrogens with zero attached hydrogens (tertiary/aromatic N) is 3. The van der Waals surface area contributed by atoms with Crippen LogP contribution in [-0.4, -0.2) is 74.8 Å². The van der Waals surface area contributed by atoms with Gasteiger partial charge >= 0.3 is 0 Å². The molecule has 3 aliphatic rings. The van der Waals surface area contributed by atoms with Crippen LogP contribution >= 0.6 is 0 Å². The van der Waals surface area contributed by atoms with Crippen molar-refractivity contribution in [3.63, 3.8) is 0 Å². The van der Waals surface area contributed by atoms with Gasteiger partial charge in [0.1, 0.15) is 5.76 Å². The molecule has 2 aliphatic heterocycles. The Morgan fingerprint density at radius 2 is 2.07 bits per heavy atom. The standard InChI is InChI=1S/C21H34N4O2/c1-4-19(27-15-1)5-10-23-20(25-12-8-21(18-25)6-2-7-21)22-9-3-11-24-13-16-26-17-14-24/h1,4,15H,2-3,5-14,16-18H2,(H,22,23). The first kappa shape index (κ1) is 18.8. The molecule has 1 N–H and O–H groups in total. The molecule has 0 unspecified atom stereocenters. The highest BCUT2D eigenvalue weighted by molar-refractivity contribution is 5.80. The lowest BCUT2D eigenvalue weighted by molar-refractivity contribution is 0.0377. The Morgan fingerprint density at radius 1 is 1.19 bits per heavy atom. The summed E-state index contributed by atoms with van der Waals surface area (Å²) in [6.07, 6.45) is 9.31. The summed E-state index contributed by atoms with van der Waals surface area (Å²) < 4.78 is 10.9. The SMILES string of the molecule is c1coc(CCNC(=NCCCN2CCOCC2)N2CCC3(CCC3)C2)c1. The van der Waals surface area contributed by atoms with E-state index in [0.717, 1.165) is 77.0 Å². The van der Waals surface area contributed by atoms with Crippen LogP contribution in [0.1, 0.15) is 37.9 Å². The Morgan fingerprint density at radius 3 is 2.78 bits per heavy atom. The molecule has 0 amide bonds. The highest BCUT2D eigenvalue weighted by Gasteiger charge is 2.43. The molecule has 1 saturated carbocycles. The average Bonchev–Trinajstić information content (AvgIpc) is 3.34. The van der Waals surface area contributed by atoms with E-state index in [2.05, 4.69) is 15.1 Å². The summed E-state index contributed by atoms with van der Waals surface area (Å²) in [6.45, 7) is 9.09. The molecule has 0 bridgehead atoms. The number of likely N-dealkylation sites (tertiary alicyclic amines) is 1. The molecule has 3 heterocycles. The molecule has 2 saturated heterocycles. The molecule has 150 valence electrons. The fourth-order valence-corrected chi connectivity index (χ4v) is 4.52. The molecule has 1 aliphatic carbocycles. The maximum atomic E-state index is 5.46. The largest absolute Gasteiger partial charge is 0.469 e. The fourth-order valence-electron chi connectivity index (χ4n) is 4.52. The summed E-state index contributed by atoms with van der Waals surface area (Å²) in [7, 11) is 0. The number of ether oxygens (including phenoxy) is 1. The van der Waals surface area contributed by atoms with E-state index in [-0.39, 0.29) is 0 Å². The van der Waals surface area contributed by atoms with Crippen molar-refractivity contribution >= 4 is 5.96 Å². The Labute approximate surface area is 162 Å². The summed E-state index contributed by atoms with van der Waals surface area (Å²) >= 11 is 0. The molecule has 1 spiro atoms. The molecule has 3 fully saturated rings. The van der Waals surface area contributed by atoms with Crippen LogP contribution in [0.4, 0.5) is 0 Å². The van der Waals surface area contributed by atoms with Gasteiger partial charge < -0.3 is 19.4 Å². The summed E-state index contributed by atoms with van der Waals surface area (Å²) in [5.41, 5.74) is 0.595. The molecule has 4 rings (SSSR count). The third-order valence-electron chi connectivity index (χ3n) is 6.38. The van der Waals surface area contributed by atoms with Gasteiger partial charge in [0.15, 0.2) is 5.96 Å². The summed E-state index contributed by atoms with van der Waals surface area (Å²) in [4.78, 5) is 9.96. The van der Waals surface area contributed by atoms with Gasteiger partial charge in [0.25, 0.3) is 0 Å². The highest BCUT2D eigenvalue weighted by atomic mass is 16.5. The second kappa shape index (κ2) is 9.11. The van der Waals surface area contributed by atoms with E-state index in [1.807, 2.05) is 12.1 Å². The number of guanidine groups is 1. The van der Waals surface area contributed by atoms with Gasteiger partial charge in [-0.05, 0) is 43.2 Å². The minimum atomic E-state index is 0.595. The van der Waals surface area contributed by atoms with E-state index in [4.69, 9.17) is 14.1 Å². The monoisotopic (exact) mass is 374 g/mol. The fraction of sp³-hybridized carbons (Fsp3) is 0.762. The molecule has 1 aromatic heterocycles. The molecule has 27 heavy (non-hydrogen) atoms. The van der Waals surface area contributed by atoms with Crippen molar-refractivity contribution in [2.75, 3.05) is 59.0 Å². The van der Waals surface area contributed by atoms with Gasteiger partial charge in [-0.1, -0.05) is 6.42 Å². The van der Waals surface area contributed by atoms with Gasteiger partial charge in [0.2, 0.25) is 0 Å². The van der Waals surface area contributed by atoms with E-state index >= 15 is 0 Å². The van der Waals surface area contributed by atoms with Crippen LogP contribution in [0.25, 0.3) is 0 Å². The first-order chi connectivity index (χ1) is 13.3. The van der Waals surface area contributed by atoms with Gasteiger partial charge in [0, 0.05) is 52.2 Å². The van der Waals surface area contributed by atoms with Gasteiger partial charge in [-0.15, -0.1) is 0 Å². The zero-order valence-corrected chi connectivity index (χ0v) is 16.5. The van der Waals surface area contributed by atoms with Crippen molar-refractivity contribution in [1.82, 2.24) is 15.1 Å². The summed E-state index contributed by atoms with van der Waals surface area (Å²) in [5, 5.41) is 3.61. The van der Waals surface area contributed by atoms with Crippen molar-refractivity contribution in [1.29, 1.82) is 0 Å². The minimum absolute atomic E-state index is 0.595. The molecule has 6 heteroatoms. The van der Waals surface area contributed by atoms with Gasteiger partial charge in [0.05, 0.1) is 19.5 Å². The summed E-state index contributed by atoms with van der Waals surface area (Å²) in [5.74, 6) is 2.14. The van der Waals surface area contributed by atoms with Crippen LogP contribution in [0.2, 0.25) is 0 Å². The lowest BCUT2D eigenvalue weighted by atomic mass is 9.68. The summed E-state index contributed by atoms with van der Waals surface area (Å²) in [6, 6.07) is 4.00. The van der Waals surface area contributed by atoms with E-state index in [9.17, 15) is 0 Å². The molecular formula is C21H34N4O2. The molecular weight excluding hydrogens is 340 g/mol. The Kier molecular flexibility index (Phi) is 6.35. The first-order valence-corrected chi connectivity index (χ1v) is 10.7. The number of hydrogen-bond acceptors (Lipinski definition) is 4. The van der Waals surface area contributed by atoms with Crippen LogP contribution in [-0.2, 0) is 11.2 Å². The number of furan rings is 1. The first-order valence-electron chi connectivity index (χ1n) is 10.7. The lowest BCUT2D eigenvalue weighted by Gasteiger charge is -2.38. The topological polar surface area (TPSA) is 53.2 Å². The van der Waals surface area contributed by atoms with Crippen molar-refractivity contribution in [2.24, 2.45) is 10.4 Å². The highest BCUT2D eigenvalue weighted by Crippen LogP contribution is 2.47. The zero-order valence-electron chi connectivity index (χ0n) is 16.5. The van der Waals surface area contributed by atoms with E-state index < -0.39 is 0 Å². The normalized spacial score (nSPS) is 23.0. The smallest absolute Gasteiger partial charge is 0.193 e. The minimum Gasteiger partial charge on any atom is -0.469 e. The predicted molar refractivity (Wildman–Crippen MR) is 107 cm³/mol. The molecule has 1 aromatic rings. The van der Waals surface area contributed by atoms with Crippen LogP contribution in [0.15, 0.2) is 27.8 Å². The van der Waals surface area contributed by atoms with Crippen LogP contribution < -0.4 is 5.32 Å². The van der Waals surface area contributed by atoms with Crippen molar-refractivity contribution in [3.05, 3.63) is 24.2 Å². The van der Waals surface area contributed by atoms with Crippen LogP contribution in [0.3, 0.4) is 0 Å². The number of rotatable bonds is 7. The van der Waals surface area contributed by atoms with Crippen molar-refractivity contribution in [2.45, 2.75) is 38.5 Å². The van der Waals surface area contributed by atoms with Crippen LogP contribution in [0.5, 0.6) is 0 Å². The Hall–Kier alpha value is -1.53.